The Morgan fingerprint density at radius 2 is 2.15 bits per heavy atom. The lowest BCUT2D eigenvalue weighted by Crippen LogP contribution is -2.34. The van der Waals surface area contributed by atoms with E-state index in [0.29, 0.717) is 23.9 Å². The van der Waals surface area contributed by atoms with E-state index in [4.69, 9.17) is 0 Å². The van der Waals surface area contributed by atoms with E-state index in [9.17, 15) is 4.79 Å². The van der Waals surface area contributed by atoms with Crippen LogP contribution >= 0.6 is 0 Å². The summed E-state index contributed by atoms with van der Waals surface area (Å²) in [6, 6.07) is 15.8. The van der Waals surface area contributed by atoms with Crippen LogP contribution in [-0.4, -0.2) is 41.2 Å². The largest absolute Gasteiger partial charge is 0.374 e. The molecule has 0 bridgehead atoms. The summed E-state index contributed by atoms with van der Waals surface area (Å²) in [6.07, 6.45) is 2.49. The van der Waals surface area contributed by atoms with Crippen molar-refractivity contribution in [3.63, 3.8) is 0 Å². The minimum atomic E-state index is -0.0669. The zero-order chi connectivity index (χ0) is 17.9. The van der Waals surface area contributed by atoms with Gasteiger partial charge in [0, 0.05) is 42.9 Å². The van der Waals surface area contributed by atoms with Crippen LogP contribution in [0.2, 0.25) is 0 Å². The molecule has 1 aliphatic rings. The number of nitrogens with one attached hydrogen (secondary N) is 2. The van der Waals surface area contributed by atoms with Gasteiger partial charge in [-0.3, -0.25) is 9.89 Å². The molecule has 2 N–H and O–H groups in total. The van der Waals surface area contributed by atoms with E-state index in [-0.39, 0.29) is 5.91 Å². The summed E-state index contributed by atoms with van der Waals surface area (Å²) in [6.45, 7) is 1.63. The first kappa shape index (κ1) is 16.3. The number of fused-ring (bicyclic) bond motifs is 1. The van der Waals surface area contributed by atoms with Crippen molar-refractivity contribution < 1.29 is 4.79 Å². The van der Waals surface area contributed by atoms with Crippen LogP contribution in [0.5, 0.6) is 0 Å². The van der Waals surface area contributed by atoms with Crippen molar-refractivity contribution >= 4 is 11.6 Å². The number of benzene rings is 2. The highest BCUT2D eigenvalue weighted by atomic mass is 16.1. The number of nitrogens with zero attached hydrogens (tertiary/aromatic N) is 3. The maximum Gasteiger partial charge on any atom is 0.251 e. The maximum atomic E-state index is 12.6. The van der Waals surface area contributed by atoms with Gasteiger partial charge in [0.2, 0.25) is 0 Å². The third-order valence-corrected chi connectivity index (χ3v) is 4.92. The molecular weight excluding hydrogens is 326 g/mol. The standard InChI is InChI=1S/C20H21N5O/c1-25-10-9-16(17-7-2-3-8-18(17)25)12-21-20(26)15-6-4-5-14(11-15)19-22-13-23-24-19/h2-8,11,13,16H,9-10,12H2,1H3,(H,21,26)(H,22,23,24). The molecule has 0 saturated carbocycles. The number of anilines is 1. The molecule has 1 aliphatic heterocycles. The van der Waals surface area contributed by atoms with Crippen LogP contribution < -0.4 is 10.2 Å². The second-order valence-corrected chi connectivity index (χ2v) is 6.59. The summed E-state index contributed by atoms with van der Waals surface area (Å²) in [4.78, 5) is 19.0. The van der Waals surface area contributed by atoms with Gasteiger partial charge in [-0.2, -0.15) is 5.10 Å². The minimum absolute atomic E-state index is 0.0669. The summed E-state index contributed by atoms with van der Waals surface area (Å²) >= 11 is 0. The number of para-hydroxylation sites is 1. The predicted molar refractivity (Wildman–Crippen MR) is 101 cm³/mol. The Morgan fingerprint density at radius 1 is 1.27 bits per heavy atom. The normalized spacial score (nSPS) is 16.2. The Kier molecular flexibility index (Phi) is 4.39. The molecular formula is C20H21N5O. The van der Waals surface area contributed by atoms with Gasteiger partial charge in [0.1, 0.15) is 6.33 Å². The number of hydrogen-bond donors (Lipinski definition) is 2. The molecule has 1 amide bonds. The van der Waals surface area contributed by atoms with Crippen molar-refractivity contribution in [1.82, 2.24) is 20.5 Å². The van der Waals surface area contributed by atoms with Gasteiger partial charge in [0.05, 0.1) is 0 Å². The minimum Gasteiger partial charge on any atom is -0.374 e. The molecule has 1 unspecified atom stereocenters. The van der Waals surface area contributed by atoms with Gasteiger partial charge < -0.3 is 10.2 Å². The Bertz CT molecular complexity index is 906. The van der Waals surface area contributed by atoms with Gasteiger partial charge in [-0.05, 0) is 30.2 Å². The molecule has 0 radical (unpaired) electrons. The van der Waals surface area contributed by atoms with Crippen LogP contribution in [0.1, 0.15) is 28.3 Å². The number of aromatic nitrogens is 3. The van der Waals surface area contributed by atoms with Crippen LogP contribution in [-0.2, 0) is 0 Å². The van der Waals surface area contributed by atoms with Gasteiger partial charge in [-0.15, -0.1) is 0 Å². The van der Waals surface area contributed by atoms with Crippen molar-refractivity contribution in [3.8, 4) is 11.4 Å². The highest BCUT2D eigenvalue weighted by molar-refractivity contribution is 5.95. The maximum absolute atomic E-state index is 12.6. The van der Waals surface area contributed by atoms with Gasteiger partial charge in [-0.25, -0.2) is 4.98 Å². The molecule has 132 valence electrons. The fraction of sp³-hybridized carbons (Fsp3) is 0.250. The summed E-state index contributed by atoms with van der Waals surface area (Å²) in [7, 11) is 2.11. The zero-order valence-electron chi connectivity index (χ0n) is 14.6. The van der Waals surface area contributed by atoms with Crippen LogP contribution in [0.4, 0.5) is 5.69 Å². The fourth-order valence-electron chi connectivity index (χ4n) is 3.49. The number of carbonyl (C=O) groups is 1. The van der Waals surface area contributed by atoms with Gasteiger partial charge in [0.15, 0.2) is 5.82 Å². The third kappa shape index (κ3) is 3.18. The molecule has 6 heteroatoms. The number of aromatic amines is 1. The Labute approximate surface area is 152 Å². The summed E-state index contributed by atoms with van der Waals surface area (Å²) in [5.74, 6) is 0.926. The number of carbonyl (C=O) groups excluding carboxylic acids is 1. The number of amides is 1. The summed E-state index contributed by atoms with van der Waals surface area (Å²) < 4.78 is 0. The molecule has 2 aromatic carbocycles. The number of rotatable bonds is 4. The van der Waals surface area contributed by atoms with Crippen LogP contribution in [0.15, 0.2) is 54.9 Å². The lowest BCUT2D eigenvalue weighted by atomic mass is 9.90. The molecule has 2 heterocycles. The van der Waals surface area contributed by atoms with Crippen LogP contribution in [0.3, 0.4) is 0 Å². The van der Waals surface area contributed by atoms with E-state index >= 15 is 0 Å². The summed E-state index contributed by atoms with van der Waals surface area (Å²) in [5, 5.41) is 9.77. The van der Waals surface area contributed by atoms with E-state index in [1.807, 2.05) is 24.3 Å². The average molecular weight is 347 g/mol. The first-order chi connectivity index (χ1) is 12.7. The second-order valence-electron chi connectivity index (χ2n) is 6.59. The SMILES string of the molecule is CN1CCC(CNC(=O)c2cccc(-c3ncn[nH]3)c2)c2ccccc21. The quantitative estimate of drug-likeness (QED) is 0.761. The van der Waals surface area contributed by atoms with Crippen molar-refractivity contribution in [2.45, 2.75) is 12.3 Å². The molecule has 1 atom stereocenters. The van der Waals surface area contributed by atoms with E-state index in [1.54, 1.807) is 0 Å². The molecule has 1 aromatic heterocycles. The Morgan fingerprint density at radius 3 is 3.00 bits per heavy atom. The first-order valence-electron chi connectivity index (χ1n) is 8.76. The predicted octanol–water partition coefficient (Wildman–Crippen LogP) is 2.83. The van der Waals surface area contributed by atoms with Crippen molar-refractivity contribution in [2.24, 2.45) is 0 Å². The molecule has 0 aliphatic carbocycles. The monoisotopic (exact) mass is 347 g/mol. The molecule has 3 aromatic rings. The Balaban J connectivity index is 1.47. The lowest BCUT2D eigenvalue weighted by Gasteiger charge is -2.33. The number of H-pyrrole nitrogens is 1. The van der Waals surface area contributed by atoms with Crippen molar-refractivity contribution in [2.75, 3.05) is 25.0 Å². The fourth-order valence-corrected chi connectivity index (χ4v) is 3.49. The molecule has 4 rings (SSSR count). The number of hydrogen-bond acceptors (Lipinski definition) is 4. The molecule has 0 spiro atoms. The van der Waals surface area contributed by atoms with Crippen molar-refractivity contribution in [3.05, 3.63) is 66.0 Å². The van der Waals surface area contributed by atoms with E-state index < -0.39 is 0 Å². The highest BCUT2D eigenvalue weighted by Gasteiger charge is 2.23. The average Bonchev–Trinajstić information content (AvgIpc) is 3.22. The molecule has 0 fully saturated rings. The van der Waals surface area contributed by atoms with Crippen molar-refractivity contribution in [1.29, 1.82) is 0 Å². The smallest absolute Gasteiger partial charge is 0.251 e. The summed E-state index contributed by atoms with van der Waals surface area (Å²) in [5.41, 5.74) is 4.03. The lowest BCUT2D eigenvalue weighted by molar-refractivity contribution is 0.0950. The van der Waals surface area contributed by atoms with Gasteiger partial charge in [0.25, 0.3) is 5.91 Å². The van der Waals surface area contributed by atoms with Crippen LogP contribution in [0, 0.1) is 0 Å². The van der Waals surface area contributed by atoms with Gasteiger partial charge in [-0.1, -0.05) is 30.3 Å². The highest BCUT2D eigenvalue weighted by Crippen LogP contribution is 2.33. The van der Waals surface area contributed by atoms with E-state index in [2.05, 4.69) is 56.7 Å². The van der Waals surface area contributed by atoms with E-state index in [0.717, 1.165) is 18.5 Å². The molecule has 6 nitrogen and oxygen atoms in total. The molecule has 0 saturated heterocycles. The van der Waals surface area contributed by atoms with Gasteiger partial charge >= 0.3 is 0 Å². The van der Waals surface area contributed by atoms with E-state index in [1.165, 1.54) is 17.6 Å². The molecule has 26 heavy (non-hydrogen) atoms. The Hall–Kier alpha value is -3.15. The second kappa shape index (κ2) is 7.00. The van der Waals surface area contributed by atoms with Crippen LogP contribution in [0.25, 0.3) is 11.4 Å². The first-order valence-corrected chi connectivity index (χ1v) is 8.76. The third-order valence-electron chi connectivity index (χ3n) is 4.92. The zero-order valence-corrected chi connectivity index (χ0v) is 14.6. The topological polar surface area (TPSA) is 73.9 Å².